The molecule has 0 fully saturated rings. The third kappa shape index (κ3) is 3.19. The maximum Gasteiger partial charge on any atom is 0.336 e. The molecule has 0 spiro atoms. The molecule has 0 amide bonds. The maximum atomic E-state index is 13.4. The summed E-state index contributed by atoms with van der Waals surface area (Å²) in [6.07, 6.45) is 0. The van der Waals surface area contributed by atoms with E-state index in [2.05, 4.69) is 0 Å². The largest absolute Gasteiger partial charge is 0.478 e. The van der Waals surface area contributed by atoms with Crippen LogP contribution in [0, 0.1) is 15.2 Å². The molecule has 2 rings (SSSR count). The fraction of sp³-hybridized carbons (Fsp3) is 0. The van der Waals surface area contributed by atoms with Crippen LogP contribution in [0.5, 0.6) is 11.5 Å². The van der Waals surface area contributed by atoms with E-state index in [-0.39, 0.29) is 17.1 Å². The SMILES string of the molecule is O=C(O)c1cc(Oc2ccc(F)cc2F)ccc1I. The molecule has 0 saturated heterocycles. The summed E-state index contributed by atoms with van der Waals surface area (Å²) in [4.78, 5) is 11.0. The van der Waals surface area contributed by atoms with Gasteiger partial charge in [0.25, 0.3) is 0 Å². The van der Waals surface area contributed by atoms with Gasteiger partial charge < -0.3 is 9.84 Å². The highest BCUT2D eigenvalue weighted by Gasteiger charge is 2.11. The first-order valence-electron chi connectivity index (χ1n) is 5.13. The van der Waals surface area contributed by atoms with E-state index in [0.717, 1.165) is 12.1 Å². The minimum absolute atomic E-state index is 0.0561. The molecule has 19 heavy (non-hydrogen) atoms. The molecule has 0 saturated carbocycles. The van der Waals surface area contributed by atoms with Gasteiger partial charge in [0.15, 0.2) is 11.6 Å². The predicted molar refractivity (Wildman–Crippen MR) is 72.6 cm³/mol. The van der Waals surface area contributed by atoms with Crippen LogP contribution in [0.3, 0.4) is 0 Å². The topological polar surface area (TPSA) is 46.5 Å². The van der Waals surface area contributed by atoms with Crippen molar-refractivity contribution in [1.29, 1.82) is 0 Å². The van der Waals surface area contributed by atoms with E-state index >= 15 is 0 Å². The smallest absolute Gasteiger partial charge is 0.336 e. The van der Waals surface area contributed by atoms with Crippen molar-refractivity contribution >= 4 is 28.6 Å². The molecule has 0 aliphatic carbocycles. The van der Waals surface area contributed by atoms with Crippen molar-refractivity contribution in [3.63, 3.8) is 0 Å². The summed E-state index contributed by atoms with van der Waals surface area (Å²) in [6, 6.07) is 7.23. The van der Waals surface area contributed by atoms with Crippen LogP contribution < -0.4 is 4.74 Å². The van der Waals surface area contributed by atoms with Gasteiger partial charge in [0.05, 0.1) is 5.56 Å². The van der Waals surface area contributed by atoms with E-state index in [4.69, 9.17) is 9.84 Å². The molecule has 98 valence electrons. The molecule has 0 atom stereocenters. The van der Waals surface area contributed by atoms with Gasteiger partial charge in [0.2, 0.25) is 0 Å². The Bertz CT molecular complexity index is 644. The quantitative estimate of drug-likeness (QED) is 0.822. The van der Waals surface area contributed by atoms with Gasteiger partial charge in [0, 0.05) is 9.64 Å². The molecule has 0 heterocycles. The van der Waals surface area contributed by atoms with Crippen LogP contribution >= 0.6 is 22.6 Å². The average molecular weight is 376 g/mol. The highest BCUT2D eigenvalue weighted by atomic mass is 127. The Morgan fingerprint density at radius 3 is 2.53 bits per heavy atom. The molecule has 0 unspecified atom stereocenters. The van der Waals surface area contributed by atoms with E-state index in [1.807, 2.05) is 22.6 Å². The number of carbonyl (C=O) groups is 1. The van der Waals surface area contributed by atoms with Crippen LogP contribution in [0.25, 0.3) is 0 Å². The number of hydrogen-bond donors (Lipinski definition) is 1. The fourth-order valence-corrected chi connectivity index (χ4v) is 1.98. The summed E-state index contributed by atoms with van der Waals surface area (Å²) in [5, 5.41) is 8.96. The van der Waals surface area contributed by atoms with Crippen molar-refractivity contribution in [2.75, 3.05) is 0 Å². The number of rotatable bonds is 3. The first-order valence-corrected chi connectivity index (χ1v) is 6.21. The van der Waals surface area contributed by atoms with Crippen molar-refractivity contribution < 1.29 is 23.4 Å². The van der Waals surface area contributed by atoms with Gasteiger partial charge in [-0.15, -0.1) is 0 Å². The Morgan fingerprint density at radius 1 is 1.16 bits per heavy atom. The molecule has 0 bridgehead atoms. The Kier molecular flexibility index (Phi) is 3.98. The lowest BCUT2D eigenvalue weighted by Gasteiger charge is -2.08. The fourth-order valence-electron chi connectivity index (χ4n) is 1.42. The molecule has 6 heteroatoms. The molecular weight excluding hydrogens is 369 g/mol. The Hall–Kier alpha value is -1.70. The number of carboxylic acid groups (broad SMARTS) is 1. The minimum Gasteiger partial charge on any atom is -0.478 e. The number of halogens is 3. The minimum atomic E-state index is -1.10. The zero-order valence-corrected chi connectivity index (χ0v) is 11.5. The number of carboxylic acids is 1. The van der Waals surface area contributed by atoms with Crippen LogP contribution in [-0.2, 0) is 0 Å². The van der Waals surface area contributed by atoms with Crippen molar-refractivity contribution in [3.8, 4) is 11.5 Å². The molecule has 2 aromatic carbocycles. The Labute approximate surface area is 121 Å². The molecule has 0 aliphatic rings. The van der Waals surface area contributed by atoms with Crippen LogP contribution in [-0.4, -0.2) is 11.1 Å². The van der Waals surface area contributed by atoms with Gasteiger partial charge in [-0.25, -0.2) is 13.6 Å². The monoisotopic (exact) mass is 376 g/mol. The summed E-state index contributed by atoms with van der Waals surface area (Å²) in [5.41, 5.74) is 0.0561. The van der Waals surface area contributed by atoms with Crippen LogP contribution in [0.15, 0.2) is 36.4 Å². The molecule has 1 N–H and O–H groups in total. The molecular formula is C13H7F2IO3. The van der Waals surface area contributed by atoms with E-state index in [9.17, 15) is 13.6 Å². The van der Waals surface area contributed by atoms with E-state index in [0.29, 0.717) is 9.64 Å². The van der Waals surface area contributed by atoms with Gasteiger partial charge in [-0.1, -0.05) is 0 Å². The molecule has 0 aliphatic heterocycles. The van der Waals surface area contributed by atoms with Crippen molar-refractivity contribution in [2.45, 2.75) is 0 Å². The van der Waals surface area contributed by atoms with Gasteiger partial charge in [0.1, 0.15) is 11.6 Å². The van der Waals surface area contributed by atoms with Crippen molar-refractivity contribution in [1.82, 2.24) is 0 Å². The summed E-state index contributed by atoms with van der Waals surface area (Å²) >= 11 is 1.87. The second-order valence-corrected chi connectivity index (χ2v) is 4.79. The standard InChI is InChI=1S/C13H7F2IO3/c14-7-1-4-12(10(15)5-7)19-8-2-3-11(16)9(6-8)13(17)18/h1-6H,(H,17,18). The lowest BCUT2D eigenvalue weighted by Crippen LogP contribution is -2.00. The van der Waals surface area contributed by atoms with Crippen LogP contribution in [0.1, 0.15) is 10.4 Å². The zero-order chi connectivity index (χ0) is 14.0. The first-order chi connectivity index (χ1) is 8.97. The van der Waals surface area contributed by atoms with Gasteiger partial charge in [-0.3, -0.25) is 0 Å². The molecule has 3 nitrogen and oxygen atoms in total. The highest BCUT2D eigenvalue weighted by Crippen LogP contribution is 2.27. The van der Waals surface area contributed by atoms with E-state index in [1.54, 1.807) is 6.07 Å². The van der Waals surface area contributed by atoms with Crippen LogP contribution in [0.4, 0.5) is 8.78 Å². The Balaban J connectivity index is 2.33. The average Bonchev–Trinajstić information content (AvgIpc) is 2.34. The molecule has 0 radical (unpaired) electrons. The second kappa shape index (κ2) is 5.52. The highest BCUT2D eigenvalue weighted by molar-refractivity contribution is 14.1. The van der Waals surface area contributed by atoms with Gasteiger partial charge in [-0.2, -0.15) is 0 Å². The molecule has 2 aromatic rings. The first kappa shape index (κ1) is 13.7. The lowest BCUT2D eigenvalue weighted by molar-refractivity contribution is 0.0695. The summed E-state index contributed by atoms with van der Waals surface area (Å²) < 4.78 is 31.9. The summed E-state index contributed by atoms with van der Waals surface area (Å²) in [7, 11) is 0. The van der Waals surface area contributed by atoms with E-state index in [1.165, 1.54) is 12.1 Å². The van der Waals surface area contributed by atoms with Gasteiger partial charge in [-0.05, 0) is 52.9 Å². The van der Waals surface area contributed by atoms with Crippen molar-refractivity contribution in [2.24, 2.45) is 0 Å². The normalized spacial score (nSPS) is 10.3. The number of ether oxygens (including phenoxy) is 1. The number of benzene rings is 2. The summed E-state index contributed by atoms with van der Waals surface area (Å²) in [5.74, 6) is -2.66. The third-order valence-electron chi connectivity index (χ3n) is 2.29. The predicted octanol–water partition coefficient (Wildman–Crippen LogP) is 4.06. The molecule has 0 aromatic heterocycles. The second-order valence-electron chi connectivity index (χ2n) is 3.62. The van der Waals surface area contributed by atoms with Crippen LogP contribution in [0.2, 0.25) is 0 Å². The zero-order valence-electron chi connectivity index (χ0n) is 9.36. The van der Waals surface area contributed by atoms with Gasteiger partial charge >= 0.3 is 5.97 Å². The summed E-state index contributed by atoms with van der Waals surface area (Å²) in [6.45, 7) is 0. The number of aromatic carboxylic acids is 1. The Morgan fingerprint density at radius 2 is 1.89 bits per heavy atom. The lowest BCUT2D eigenvalue weighted by atomic mass is 10.2. The van der Waals surface area contributed by atoms with Crippen molar-refractivity contribution in [3.05, 3.63) is 57.2 Å². The third-order valence-corrected chi connectivity index (χ3v) is 3.23. The van der Waals surface area contributed by atoms with E-state index < -0.39 is 17.6 Å². The maximum absolute atomic E-state index is 13.4. The number of hydrogen-bond acceptors (Lipinski definition) is 2.